The Morgan fingerprint density at radius 3 is 2.51 bits per heavy atom. The van der Waals surface area contributed by atoms with Gasteiger partial charge in [0.2, 0.25) is 0 Å². The number of aromatic nitrogens is 3. The van der Waals surface area contributed by atoms with Gasteiger partial charge in [0.15, 0.2) is 5.65 Å². The summed E-state index contributed by atoms with van der Waals surface area (Å²) in [6.45, 7) is 9.31. The molecule has 5 rings (SSSR count). The van der Waals surface area contributed by atoms with E-state index in [0.717, 1.165) is 27.8 Å². The van der Waals surface area contributed by atoms with E-state index in [9.17, 15) is 14.9 Å². The molecule has 0 N–H and O–H groups in total. The highest BCUT2D eigenvalue weighted by atomic mass is 16.6. The van der Waals surface area contributed by atoms with E-state index in [4.69, 9.17) is 4.98 Å². The SMILES string of the molecule is Cc1ccccc1-c1cc(C(=O)N2CCN(Cc3cccc([N+](=O)[O-])c3)CC2)c2cnn(C(C)C)c2n1. The molecule has 9 nitrogen and oxygen atoms in total. The summed E-state index contributed by atoms with van der Waals surface area (Å²) >= 11 is 0. The fraction of sp³-hybridized carbons (Fsp3) is 0.321. The van der Waals surface area contributed by atoms with Crippen LogP contribution in [0.5, 0.6) is 0 Å². The Labute approximate surface area is 215 Å². The lowest BCUT2D eigenvalue weighted by molar-refractivity contribution is -0.384. The number of hydrogen-bond acceptors (Lipinski definition) is 6. The molecule has 3 heterocycles. The van der Waals surface area contributed by atoms with Gasteiger partial charge in [-0.15, -0.1) is 0 Å². The first-order chi connectivity index (χ1) is 17.8. The molecule has 0 saturated carbocycles. The van der Waals surface area contributed by atoms with Crippen LogP contribution in [0.25, 0.3) is 22.3 Å². The summed E-state index contributed by atoms with van der Waals surface area (Å²) in [6, 6.07) is 16.8. The van der Waals surface area contributed by atoms with Crippen LogP contribution >= 0.6 is 0 Å². The van der Waals surface area contributed by atoms with Gasteiger partial charge in [0.05, 0.1) is 27.8 Å². The number of carbonyl (C=O) groups excluding carboxylic acids is 1. The van der Waals surface area contributed by atoms with Gasteiger partial charge in [0.25, 0.3) is 11.6 Å². The minimum Gasteiger partial charge on any atom is -0.336 e. The Kier molecular flexibility index (Phi) is 6.71. The molecule has 190 valence electrons. The van der Waals surface area contributed by atoms with E-state index >= 15 is 0 Å². The van der Waals surface area contributed by atoms with E-state index in [1.165, 1.54) is 6.07 Å². The van der Waals surface area contributed by atoms with Gasteiger partial charge in [-0.05, 0) is 38.0 Å². The molecule has 2 aromatic carbocycles. The van der Waals surface area contributed by atoms with Crippen LogP contribution in [0.15, 0.2) is 60.8 Å². The molecule has 2 aromatic heterocycles. The number of rotatable bonds is 6. The molecule has 1 fully saturated rings. The van der Waals surface area contributed by atoms with Gasteiger partial charge in [-0.2, -0.15) is 5.10 Å². The third-order valence-electron chi connectivity index (χ3n) is 6.89. The standard InChI is InChI=1S/C28H30N6O3/c1-19(2)33-27-25(17-29-33)24(16-26(30-27)23-10-5-4-7-20(23)3)28(35)32-13-11-31(12-14-32)18-21-8-6-9-22(15-21)34(36)37/h4-10,15-17,19H,11-14,18H2,1-3H3. The van der Waals surface area contributed by atoms with Gasteiger partial charge in [-0.3, -0.25) is 19.8 Å². The Morgan fingerprint density at radius 1 is 1.05 bits per heavy atom. The van der Waals surface area contributed by atoms with Crippen LogP contribution in [0, 0.1) is 17.0 Å². The number of non-ortho nitro benzene ring substituents is 1. The van der Waals surface area contributed by atoms with Crippen molar-refractivity contribution in [1.29, 1.82) is 0 Å². The maximum Gasteiger partial charge on any atom is 0.269 e. The second kappa shape index (κ2) is 10.1. The van der Waals surface area contributed by atoms with Crippen molar-refractivity contribution < 1.29 is 9.72 Å². The van der Waals surface area contributed by atoms with Gasteiger partial charge < -0.3 is 4.90 Å². The zero-order chi connectivity index (χ0) is 26.1. The zero-order valence-electron chi connectivity index (χ0n) is 21.3. The molecule has 1 aliphatic rings. The van der Waals surface area contributed by atoms with Crippen LogP contribution in [0.1, 0.15) is 41.4 Å². The molecule has 1 amide bonds. The highest BCUT2D eigenvalue weighted by Gasteiger charge is 2.26. The number of nitro benzene ring substituents is 1. The van der Waals surface area contributed by atoms with Crippen LogP contribution in [0.4, 0.5) is 5.69 Å². The number of carbonyl (C=O) groups is 1. The van der Waals surface area contributed by atoms with Crippen molar-refractivity contribution in [2.45, 2.75) is 33.4 Å². The molecular weight excluding hydrogens is 468 g/mol. The lowest BCUT2D eigenvalue weighted by Gasteiger charge is -2.35. The molecule has 0 spiro atoms. The summed E-state index contributed by atoms with van der Waals surface area (Å²) in [6.07, 6.45) is 1.75. The van der Waals surface area contributed by atoms with Gasteiger partial charge in [-0.25, -0.2) is 9.67 Å². The third-order valence-corrected chi connectivity index (χ3v) is 6.89. The van der Waals surface area contributed by atoms with Crippen LogP contribution in [-0.4, -0.2) is 61.6 Å². The molecule has 0 unspecified atom stereocenters. The number of piperazine rings is 1. The smallest absolute Gasteiger partial charge is 0.269 e. The predicted octanol–water partition coefficient (Wildman–Crippen LogP) is 4.85. The second-order valence-electron chi connectivity index (χ2n) is 9.79. The molecule has 1 saturated heterocycles. The number of benzene rings is 2. The van der Waals surface area contributed by atoms with Crippen LogP contribution in [0.2, 0.25) is 0 Å². The molecule has 0 aliphatic carbocycles. The summed E-state index contributed by atoms with van der Waals surface area (Å²) in [5.74, 6) is -0.0273. The van der Waals surface area contributed by atoms with Gasteiger partial charge >= 0.3 is 0 Å². The zero-order valence-corrected chi connectivity index (χ0v) is 21.3. The average Bonchev–Trinajstić information content (AvgIpc) is 3.33. The predicted molar refractivity (Wildman–Crippen MR) is 142 cm³/mol. The van der Waals surface area contributed by atoms with E-state index in [2.05, 4.69) is 23.8 Å². The first kappa shape index (κ1) is 24.6. The molecule has 4 aromatic rings. The van der Waals surface area contributed by atoms with E-state index in [-0.39, 0.29) is 22.6 Å². The van der Waals surface area contributed by atoms with Crippen LogP contribution in [-0.2, 0) is 6.54 Å². The topological polar surface area (TPSA) is 97.4 Å². The van der Waals surface area contributed by atoms with Crippen molar-refractivity contribution in [3.05, 3.63) is 87.6 Å². The summed E-state index contributed by atoms with van der Waals surface area (Å²) in [5.41, 5.74) is 5.18. The lowest BCUT2D eigenvalue weighted by Crippen LogP contribution is -2.48. The van der Waals surface area contributed by atoms with Crippen molar-refractivity contribution in [3.63, 3.8) is 0 Å². The van der Waals surface area contributed by atoms with Gasteiger partial charge in [0, 0.05) is 56.5 Å². The highest BCUT2D eigenvalue weighted by molar-refractivity contribution is 6.06. The van der Waals surface area contributed by atoms with Crippen molar-refractivity contribution >= 4 is 22.6 Å². The Bertz CT molecular complexity index is 1470. The van der Waals surface area contributed by atoms with Crippen molar-refractivity contribution in [2.24, 2.45) is 0 Å². The molecular formula is C28H30N6O3. The number of fused-ring (bicyclic) bond motifs is 1. The van der Waals surface area contributed by atoms with E-state index < -0.39 is 0 Å². The number of amides is 1. The number of pyridine rings is 1. The molecule has 0 atom stereocenters. The first-order valence-electron chi connectivity index (χ1n) is 12.5. The average molecular weight is 499 g/mol. The summed E-state index contributed by atoms with van der Waals surface area (Å²) in [5, 5.41) is 16.4. The molecule has 0 bridgehead atoms. The van der Waals surface area contributed by atoms with Gasteiger partial charge in [0.1, 0.15) is 0 Å². The summed E-state index contributed by atoms with van der Waals surface area (Å²) < 4.78 is 1.87. The molecule has 9 heteroatoms. The van der Waals surface area contributed by atoms with Crippen molar-refractivity contribution in [3.8, 4) is 11.3 Å². The fourth-order valence-electron chi connectivity index (χ4n) is 4.88. The molecule has 1 aliphatic heterocycles. The Morgan fingerprint density at radius 2 is 1.81 bits per heavy atom. The van der Waals surface area contributed by atoms with Gasteiger partial charge in [-0.1, -0.05) is 36.4 Å². The maximum absolute atomic E-state index is 13.8. The monoisotopic (exact) mass is 498 g/mol. The number of aryl methyl sites for hydroxylation is 1. The largest absolute Gasteiger partial charge is 0.336 e. The maximum atomic E-state index is 13.8. The summed E-state index contributed by atoms with van der Waals surface area (Å²) in [4.78, 5) is 33.6. The van der Waals surface area contributed by atoms with Crippen molar-refractivity contribution in [1.82, 2.24) is 24.6 Å². The van der Waals surface area contributed by atoms with E-state index in [0.29, 0.717) is 43.9 Å². The van der Waals surface area contributed by atoms with Crippen LogP contribution < -0.4 is 0 Å². The second-order valence-corrected chi connectivity index (χ2v) is 9.79. The van der Waals surface area contributed by atoms with E-state index in [1.54, 1.807) is 18.3 Å². The molecule has 0 radical (unpaired) electrons. The van der Waals surface area contributed by atoms with E-state index in [1.807, 2.05) is 52.9 Å². The number of nitrogens with zero attached hydrogens (tertiary/aromatic N) is 6. The molecule has 37 heavy (non-hydrogen) atoms. The fourth-order valence-corrected chi connectivity index (χ4v) is 4.88. The first-order valence-corrected chi connectivity index (χ1v) is 12.5. The quantitative estimate of drug-likeness (QED) is 0.278. The highest BCUT2D eigenvalue weighted by Crippen LogP contribution is 2.29. The Balaban J connectivity index is 1.40. The number of hydrogen-bond donors (Lipinski definition) is 0. The lowest BCUT2D eigenvalue weighted by atomic mass is 10.0. The minimum atomic E-state index is -0.373. The minimum absolute atomic E-state index is 0.0273. The number of nitro groups is 1. The normalized spacial score (nSPS) is 14.4. The summed E-state index contributed by atoms with van der Waals surface area (Å²) in [7, 11) is 0. The Hall–Kier alpha value is -4.11. The van der Waals surface area contributed by atoms with Crippen LogP contribution in [0.3, 0.4) is 0 Å². The van der Waals surface area contributed by atoms with Crippen molar-refractivity contribution in [2.75, 3.05) is 26.2 Å². The third kappa shape index (κ3) is 4.95.